The van der Waals surface area contributed by atoms with Crippen LogP contribution in [0.3, 0.4) is 0 Å². The lowest BCUT2D eigenvalue weighted by molar-refractivity contribution is 0.203. The fraction of sp³-hybridized carbons (Fsp3) is 0.217. The predicted octanol–water partition coefficient (Wildman–Crippen LogP) is 5.30. The molecule has 6 nitrogen and oxygen atoms in total. The Hall–Kier alpha value is -2.74. The van der Waals surface area contributed by atoms with Gasteiger partial charge in [-0.05, 0) is 67.4 Å². The molecule has 0 radical (unpaired) electrons. The van der Waals surface area contributed by atoms with E-state index in [-0.39, 0.29) is 5.54 Å². The number of aliphatic hydroxyl groups is 1. The minimum Gasteiger partial charge on any atom is -0.439 e. The van der Waals surface area contributed by atoms with Gasteiger partial charge in [0.2, 0.25) is 5.88 Å². The minimum atomic E-state index is -1.02. The van der Waals surface area contributed by atoms with Gasteiger partial charge in [0.05, 0.1) is 11.1 Å². The summed E-state index contributed by atoms with van der Waals surface area (Å²) in [6.45, 7) is 2.08. The largest absolute Gasteiger partial charge is 0.439 e. The van der Waals surface area contributed by atoms with Crippen molar-refractivity contribution in [2.45, 2.75) is 25.1 Å². The SMILES string of the molecule is CC1(c2cccc(N[C@@H](O)c3cccnc3Oc3ccc(Cl)cc3)c2)CCSC(N)=N1. The Balaban J connectivity index is 1.55. The molecule has 0 amide bonds. The number of nitrogens with two attached hydrogens (primary N) is 1. The molecule has 1 unspecified atom stereocenters. The molecule has 0 spiro atoms. The molecule has 3 aromatic rings. The number of thioether (sulfide) groups is 1. The number of ether oxygens (including phenoxy) is 1. The molecule has 1 aliphatic heterocycles. The summed E-state index contributed by atoms with van der Waals surface area (Å²) in [5.74, 6) is 1.82. The zero-order valence-electron chi connectivity index (χ0n) is 17.0. The number of nitrogens with zero attached hydrogens (tertiary/aromatic N) is 2. The van der Waals surface area contributed by atoms with Gasteiger partial charge in [0.1, 0.15) is 5.75 Å². The monoisotopic (exact) mass is 454 g/mol. The van der Waals surface area contributed by atoms with Crippen molar-refractivity contribution < 1.29 is 9.84 Å². The summed E-state index contributed by atoms with van der Waals surface area (Å²) in [5.41, 5.74) is 7.90. The summed E-state index contributed by atoms with van der Waals surface area (Å²) in [4.78, 5) is 8.94. The molecule has 1 aromatic heterocycles. The molecule has 2 aromatic carbocycles. The number of aliphatic imine (C=N–C) groups is 1. The van der Waals surface area contributed by atoms with E-state index in [1.54, 1.807) is 54.4 Å². The van der Waals surface area contributed by atoms with Gasteiger partial charge in [-0.1, -0.05) is 35.5 Å². The number of halogens is 1. The standard InChI is InChI=1S/C23H23ClN4O2S/c1-23(11-13-31-22(25)28-23)15-4-2-5-17(14-15)27-20(29)19-6-3-12-26-21(19)30-18-9-7-16(24)8-10-18/h2-10,12,14,20,27,29H,11,13H2,1H3,(H2,25,28)/t20-,23?/m0/s1. The number of aromatic nitrogens is 1. The van der Waals surface area contributed by atoms with Crippen LogP contribution in [0, 0.1) is 0 Å². The average Bonchev–Trinajstić information content (AvgIpc) is 2.76. The smallest absolute Gasteiger partial charge is 0.226 e. The van der Waals surface area contributed by atoms with Crippen LogP contribution in [0.25, 0.3) is 0 Å². The molecule has 160 valence electrons. The van der Waals surface area contributed by atoms with Crippen LogP contribution < -0.4 is 15.8 Å². The van der Waals surface area contributed by atoms with Crippen molar-refractivity contribution in [2.75, 3.05) is 11.1 Å². The number of hydrogen-bond acceptors (Lipinski definition) is 7. The fourth-order valence-corrected chi connectivity index (χ4v) is 4.49. The van der Waals surface area contributed by atoms with Crippen LogP contribution in [0.2, 0.25) is 5.02 Å². The summed E-state index contributed by atoms with van der Waals surface area (Å²) in [5, 5.41) is 15.2. The van der Waals surface area contributed by atoms with Crippen molar-refractivity contribution in [3.63, 3.8) is 0 Å². The number of rotatable bonds is 6. The van der Waals surface area contributed by atoms with E-state index < -0.39 is 6.23 Å². The van der Waals surface area contributed by atoms with Crippen LogP contribution in [0.4, 0.5) is 5.69 Å². The van der Waals surface area contributed by atoms with Crippen molar-refractivity contribution in [1.29, 1.82) is 0 Å². The van der Waals surface area contributed by atoms with Crippen molar-refractivity contribution in [1.82, 2.24) is 4.98 Å². The molecule has 0 bridgehead atoms. The molecular formula is C23H23ClN4O2S. The second-order valence-electron chi connectivity index (χ2n) is 7.40. The van der Waals surface area contributed by atoms with Crippen LogP contribution in [0.5, 0.6) is 11.6 Å². The van der Waals surface area contributed by atoms with E-state index in [4.69, 9.17) is 22.1 Å². The predicted molar refractivity (Wildman–Crippen MR) is 127 cm³/mol. The normalized spacial score (nSPS) is 19.4. The molecule has 0 saturated heterocycles. The number of aliphatic hydroxyl groups excluding tert-OH is 1. The van der Waals surface area contributed by atoms with E-state index in [1.807, 2.05) is 24.3 Å². The molecule has 1 aliphatic rings. The Kier molecular flexibility index (Phi) is 6.36. The molecule has 0 aliphatic carbocycles. The summed E-state index contributed by atoms with van der Waals surface area (Å²) in [6, 6.07) is 18.4. The van der Waals surface area contributed by atoms with Crippen LogP contribution in [-0.4, -0.2) is 21.0 Å². The number of hydrogen-bond donors (Lipinski definition) is 3. The van der Waals surface area contributed by atoms with E-state index in [1.165, 1.54) is 0 Å². The molecule has 0 saturated carbocycles. The van der Waals surface area contributed by atoms with Crippen molar-refractivity contribution in [3.05, 3.63) is 83.0 Å². The summed E-state index contributed by atoms with van der Waals surface area (Å²) in [7, 11) is 0. The van der Waals surface area contributed by atoms with E-state index >= 15 is 0 Å². The first-order chi connectivity index (χ1) is 14.9. The number of benzene rings is 2. The van der Waals surface area contributed by atoms with Gasteiger partial charge >= 0.3 is 0 Å². The average molecular weight is 455 g/mol. The number of pyridine rings is 1. The van der Waals surface area contributed by atoms with Crippen molar-refractivity contribution >= 4 is 34.2 Å². The van der Waals surface area contributed by atoms with E-state index in [9.17, 15) is 5.11 Å². The first kappa shape index (κ1) is 21.5. The maximum absolute atomic E-state index is 10.9. The van der Waals surface area contributed by atoms with E-state index in [2.05, 4.69) is 22.2 Å². The minimum absolute atomic E-state index is 0.314. The number of amidine groups is 1. The lowest BCUT2D eigenvalue weighted by Gasteiger charge is -2.30. The van der Waals surface area contributed by atoms with Crippen LogP contribution in [0.1, 0.15) is 30.7 Å². The highest BCUT2D eigenvalue weighted by Gasteiger charge is 2.29. The van der Waals surface area contributed by atoms with Gasteiger partial charge in [0.15, 0.2) is 11.4 Å². The Morgan fingerprint density at radius 1 is 1.19 bits per heavy atom. The Labute approximate surface area is 190 Å². The van der Waals surface area contributed by atoms with Crippen LogP contribution >= 0.6 is 23.4 Å². The lowest BCUT2D eigenvalue weighted by Crippen LogP contribution is -2.28. The van der Waals surface area contributed by atoms with Gasteiger partial charge in [-0.25, -0.2) is 4.98 Å². The second kappa shape index (κ2) is 9.18. The summed E-state index contributed by atoms with van der Waals surface area (Å²) in [6.07, 6.45) is 1.49. The third-order valence-corrected chi connectivity index (χ3v) is 6.15. The fourth-order valence-electron chi connectivity index (χ4n) is 3.39. The van der Waals surface area contributed by atoms with Gasteiger partial charge < -0.3 is 20.9 Å². The Morgan fingerprint density at radius 3 is 2.77 bits per heavy atom. The highest BCUT2D eigenvalue weighted by Crippen LogP contribution is 2.36. The Bertz CT molecular complexity index is 1090. The van der Waals surface area contributed by atoms with Crippen LogP contribution in [-0.2, 0) is 5.54 Å². The maximum atomic E-state index is 10.9. The van der Waals surface area contributed by atoms with Crippen molar-refractivity contribution in [3.8, 4) is 11.6 Å². The molecular weight excluding hydrogens is 432 g/mol. The zero-order chi connectivity index (χ0) is 21.8. The van der Waals surface area contributed by atoms with Gasteiger partial charge in [0.25, 0.3) is 0 Å². The first-order valence-electron chi connectivity index (χ1n) is 9.84. The summed E-state index contributed by atoms with van der Waals surface area (Å²) >= 11 is 7.51. The van der Waals surface area contributed by atoms with E-state index in [0.717, 1.165) is 23.4 Å². The molecule has 0 fully saturated rings. The molecule has 4 N–H and O–H groups in total. The van der Waals surface area contributed by atoms with Gasteiger partial charge in [0, 0.05) is 22.7 Å². The van der Waals surface area contributed by atoms with E-state index in [0.29, 0.717) is 27.4 Å². The van der Waals surface area contributed by atoms with Gasteiger partial charge in [-0.3, -0.25) is 4.99 Å². The van der Waals surface area contributed by atoms with Gasteiger partial charge in [-0.2, -0.15) is 0 Å². The highest BCUT2D eigenvalue weighted by molar-refractivity contribution is 8.13. The molecule has 2 atom stereocenters. The highest BCUT2D eigenvalue weighted by atomic mass is 35.5. The third-order valence-electron chi connectivity index (χ3n) is 5.11. The Morgan fingerprint density at radius 2 is 2.00 bits per heavy atom. The topological polar surface area (TPSA) is 92.8 Å². The first-order valence-corrected chi connectivity index (χ1v) is 11.2. The maximum Gasteiger partial charge on any atom is 0.226 e. The third kappa shape index (κ3) is 5.12. The zero-order valence-corrected chi connectivity index (χ0v) is 18.5. The number of anilines is 1. The second-order valence-corrected chi connectivity index (χ2v) is 8.96. The molecule has 2 heterocycles. The van der Waals surface area contributed by atoms with Gasteiger partial charge in [-0.15, -0.1) is 0 Å². The summed E-state index contributed by atoms with van der Waals surface area (Å²) < 4.78 is 5.87. The van der Waals surface area contributed by atoms with Crippen molar-refractivity contribution in [2.24, 2.45) is 10.7 Å². The molecule has 31 heavy (non-hydrogen) atoms. The quantitative estimate of drug-likeness (QED) is 0.438. The van der Waals surface area contributed by atoms with Crippen LogP contribution in [0.15, 0.2) is 71.9 Å². The molecule has 8 heteroatoms. The number of nitrogens with one attached hydrogen (secondary N) is 1. The molecule has 4 rings (SSSR count). The lowest BCUT2D eigenvalue weighted by atomic mass is 9.89.